The molecular weight excluding hydrogens is 356 g/mol. The predicted molar refractivity (Wildman–Crippen MR) is 91.6 cm³/mol. The standard InChI is InChI=1S/C16H17F2N3OS.ClH/c1-11-10-23-14(19-11)9-20-5-7-21(8-6-20)16(22)15-12(17)3-2-4-13(15)18;/h2-4,10H,5-9H2,1H3;1H. The highest BCUT2D eigenvalue weighted by Crippen LogP contribution is 2.17. The van der Waals surface area contributed by atoms with Crippen molar-refractivity contribution in [3.05, 3.63) is 51.5 Å². The van der Waals surface area contributed by atoms with E-state index in [-0.39, 0.29) is 12.4 Å². The highest BCUT2D eigenvalue weighted by molar-refractivity contribution is 7.09. The lowest BCUT2D eigenvalue weighted by molar-refractivity contribution is 0.0619. The molecule has 0 radical (unpaired) electrons. The van der Waals surface area contributed by atoms with Crippen LogP contribution in [-0.4, -0.2) is 46.9 Å². The minimum atomic E-state index is -0.810. The lowest BCUT2D eigenvalue weighted by Crippen LogP contribution is -2.48. The van der Waals surface area contributed by atoms with E-state index in [0.717, 1.165) is 29.4 Å². The summed E-state index contributed by atoms with van der Waals surface area (Å²) in [4.78, 5) is 20.5. The van der Waals surface area contributed by atoms with E-state index in [1.54, 1.807) is 11.3 Å². The molecule has 4 nitrogen and oxygen atoms in total. The molecule has 8 heteroatoms. The second kappa shape index (κ2) is 8.00. The van der Waals surface area contributed by atoms with Crippen molar-refractivity contribution in [3.63, 3.8) is 0 Å². The van der Waals surface area contributed by atoms with E-state index in [1.807, 2.05) is 12.3 Å². The fourth-order valence-corrected chi connectivity index (χ4v) is 3.45. The molecule has 0 N–H and O–H groups in total. The number of nitrogens with zero attached hydrogens (tertiary/aromatic N) is 3. The van der Waals surface area contributed by atoms with Crippen LogP contribution in [0.15, 0.2) is 23.6 Å². The highest BCUT2D eigenvalue weighted by Gasteiger charge is 2.26. The van der Waals surface area contributed by atoms with Gasteiger partial charge in [0.1, 0.15) is 22.2 Å². The average molecular weight is 374 g/mol. The average Bonchev–Trinajstić information content (AvgIpc) is 2.93. The summed E-state index contributed by atoms with van der Waals surface area (Å²) in [6.07, 6.45) is 0. The summed E-state index contributed by atoms with van der Waals surface area (Å²) in [7, 11) is 0. The van der Waals surface area contributed by atoms with Gasteiger partial charge < -0.3 is 4.90 Å². The Bertz CT molecular complexity index is 697. The van der Waals surface area contributed by atoms with E-state index in [2.05, 4.69) is 9.88 Å². The van der Waals surface area contributed by atoms with Gasteiger partial charge >= 0.3 is 0 Å². The molecule has 0 saturated carbocycles. The zero-order valence-electron chi connectivity index (χ0n) is 13.2. The van der Waals surface area contributed by atoms with Gasteiger partial charge in [0.25, 0.3) is 5.91 Å². The zero-order valence-corrected chi connectivity index (χ0v) is 14.8. The third kappa shape index (κ3) is 4.09. The Morgan fingerprint density at radius 3 is 2.38 bits per heavy atom. The summed E-state index contributed by atoms with van der Waals surface area (Å²) in [5, 5.41) is 3.05. The number of hydrogen-bond donors (Lipinski definition) is 0. The van der Waals surface area contributed by atoms with Crippen LogP contribution in [0.3, 0.4) is 0 Å². The number of benzene rings is 1. The molecule has 0 bridgehead atoms. The quantitative estimate of drug-likeness (QED) is 0.829. The van der Waals surface area contributed by atoms with E-state index in [1.165, 1.54) is 11.0 Å². The second-order valence-corrected chi connectivity index (χ2v) is 6.49. The SMILES string of the molecule is Cc1csc(CN2CCN(C(=O)c3c(F)cccc3F)CC2)n1.Cl. The molecular formula is C16H18ClF2N3OS. The first-order valence-corrected chi connectivity index (χ1v) is 8.29. The van der Waals surface area contributed by atoms with Crippen molar-refractivity contribution in [1.82, 2.24) is 14.8 Å². The number of carbonyl (C=O) groups excluding carboxylic acids is 1. The largest absolute Gasteiger partial charge is 0.336 e. The van der Waals surface area contributed by atoms with E-state index in [4.69, 9.17) is 0 Å². The summed E-state index contributed by atoms with van der Waals surface area (Å²) in [5.74, 6) is -2.20. The molecule has 3 rings (SSSR count). The van der Waals surface area contributed by atoms with Crippen LogP contribution >= 0.6 is 23.7 Å². The Morgan fingerprint density at radius 2 is 1.83 bits per heavy atom. The van der Waals surface area contributed by atoms with Gasteiger partial charge in [-0.1, -0.05) is 6.07 Å². The van der Waals surface area contributed by atoms with Gasteiger partial charge in [-0.05, 0) is 19.1 Å². The van der Waals surface area contributed by atoms with Gasteiger partial charge in [0, 0.05) is 37.3 Å². The second-order valence-electron chi connectivity index (χ2n) is 5.55. The number of amides is 1. The lowest BCUT2D eigenvalue weighted by atomic mass is 10.1. The monoisotopic (exact) mass is 373 g/mol. The van der Waals surface area contributed by atoms with Crippen LogP contribution in [0.4, 0.5) is 8.78 Å². The number of hydrogen-bond acceptors (Lipinski definition) is 4. The maximum absolute atomic E-state index is 13.7. The molecule has 2 aromatic rings. The van der Waals surface area contributed by atoms with Crippen LogP contribution in [-0.2, 0) is 6.54 Å². The van der Waals surface area contributed by atoms with E-state index in [9.17, 15) is 13.6 Å². The summed E-state index contributed by atoms with van der Waals surface area (Å²) in [6.45, 7) is 4.95. The number of rotatable bonds is 3. The highest BCUT2D eigenvalue weighted by atomic mass is 35.5. The van der Waals surface area contributed by atoms with Crippen molar-refractivity contribution in [2.24, 2.45) is 0 Å². The van der Waals surface area contributed by atoms with E-state index in [0.29, 0.717) is 26.2 Å². The molecule has 24 heavy (non-hydrogen) atoms. The first-order valence-electron chi connectivity index (χ1n) is 7.41. The number of halogens is 3. The summed E-state index contributed by atoms with van der Waals surface area (Å²) in [5.41, 5.74) is 0.547. The Labute approximate surface area is 149 Å². The third-order valence-corrected chi connectivity index (χ3v) is 4.81. The van der Waals surface area contributed by atoms with Gasteiger partial charge in [-0.25, -0.2) is 13.8 Å². The van der Waals surface area contributed by atoms with Gasteiger partial charge in [-0.15, -0.1) is 23.7 Å². The van der Waals surface area contributed by atoms with E-state index >= 15 is 0 Å². The Kier molecular flexibility index (Phi) is 6.26. The van der Waals surface area contributed by atoms with Crippen LogP contribution in [0.5, 0.6) is 0 Å². The van der Waals surface area contributed by atoms with Gasteiger partial charge in [0.05, 0.1) is 6.54 Å². The summed E-state index contributed by atoms with van der Waals surface area (Å²) < 4.78 is 27.4. The van der Waals surface area contributed by atoms with Crippen LogP contribution in [0.2, 0.25) is 0 Å². The number of piperazine rings is 1. The maximum atomic E-state index is 13.7. The molecule has 0 unspecified atom stereocenters. The number of aromatic nitrogens is 1. The molecule has 1 amide bonds. The van der Waals surface area contributed by atoms with Crippen LogP contribution in [0.1, 0.15) is 21.1 Å². The molecule has 130 valence electrons. The summed E-state index contributed by atoms with van der Waals surface area (Å²) in [6, 6.07) is 3.48. The van der Waals surface area contributed by atoms with Gasteiger partial charge in [0.2, 0.25) is 0 Å². The van der Waals surface area contributed by atoms with Gasteiger partial charge in [-0.2, -0.15) is 0 Å². The van der Waals surface area contributed by atoms with Gasteiger partial charge in [0.15, 0.2) is 0 Å². The molecule has 1 aromatic heterocycles. The third-order valence-electron chi connectivity index (χ3n) is 3.86. The summed E-state index contributed by atoms with van der Waals surface area (Å²) >= 11 is 1.62. The van der Waals surface area contributed by atoms with Crippen molar-refractivity contribution >= 4 is 29.7 Å². The minimum Gasteiger partial charge on any atom is -0.336 e. The molecule has 0 spiro atoms. The van der Waals surface area contributed by atoms with Crippen LogP contribution < -0.4 is 0 Å². The van der Waals surface area contributed by atoms with Crippen LogP contribution in [0.25, 0.3) is 0 Å². The molecule has 2 heterocycles. The number of carbonyl (C=O) groups is 1. The lowest BCUT2D eigenvalue weighted by Gasteiger charge is -2.34. The molecule has 1 fully saturated rings. The molecule has 0 atom stereocenters. The van der Waals surface area contributed by atoms with Crippen molar-refractivity contribution in [3.8, 4) is 0 Å². The topological polar surface area (TPSA) is 36.4 Å². The number of thiazole rings is 1. The van der Waals surface area contributed by atoms with Crippen molar-refractivity contribution in [1.29, 1.82) is 0 Å². The molecule has 1 aliphatic rings. The fourth-order valence-electron chi connectivity index (χ4n) is 2.64. The van der Waals surface area contributed by atoms with Crippen molar-refractivity contribution < 1.29 is 13.6 Å². The van der Waals surface area contributed by atoms with Gasteiger partial charge in [-0.3, -0.25) is 9.69 Å². The fraction of sp³-hybridized carbons (Fsp3) is 0.375. The molecule has 0 aliphatic carbocycles. The molecule has 1 aliphatic heterocycles. The zero-order chi connectivity index (χ0) is 16.4. The number of aryl methyl sites for hydroxylation is 1. The van der Waals surface area contributed by atoms with Crippen molar-refractivity contribution in [2.45, 2.75) is 13.5 Å². The molecule has 1 saturated heterocycles. The maximum Gasteiger partial charge on any atom is 0.259 e. The van der Waals surface area contributed by atoms with Crippen molar-refractivity contribution in [2.75, 3.05) is 26.2 Å². The Hall–Kier alpha value is -1.57. The Morgan fingerprint density at radius 1 is 1.21 bits per heavy atom. The smallest absolute Gasteiger partial charge is 0.259 e. The minimum absolute atomic E-state index is 0. The predicted octanol–water partition coefficient (Wildman–Crippen LogP) is 3.11. The van der Waals surface area contributed by atoms with Crippen LogP contribution in [0, 0.1) is 18.6 Å². The molecule has 1 aromatic carbocycles. The normalized spacial score (nSPS) is 15.2. The first kappa shape index (κ1) is 18.8. The van der Waals surface area contributed by atoms with E-state index < -0.39 is 23.1 Å². The Balaban J connectivity index is 0.00000208. The first-order chi connectivity index (χ1) is 11.0.